The van der Waals surface area contributed by atoms with Gasteiger partial charge in [0.05, 0.1) is 0 Å². The molecule has 1 aliphatic heterocycles. The minimum absolute atomic E-state index is 0. The van der Waals surface area contributed by atoms with E-state index in [4.69, 9.17) is 5.73 Å². The molecule has 0 aliphatic carbocycles. The first-order valence-electron chi connectivity index (χ1n) is 6.14. The molecular weight excluding hydrogens is 274 g/mol. The standard InChI is InChI=1S/C11H25N3O2S.ClH/c1-9-5-10(2)7-14(6-9)17(15,16)13-8-11(3,4)12;/h9-10,13H,5-8,12H2,1-4H3;1H. The van der Waals surface area contributed by atoms with Crippen LogP contribution in [0.3, 0.4) is 0 Å². The predicted octanol–water partition coefficient (Wildman–Crippen LogP) is 0.958. The summed E-state index contributed by atoms with van der Waals surface area (Å²) in [5.41, 5.74) is 5.25. The Labute approximate surface area is 117 Å². The van der Waals surface area contributed by atoms with Gasteiger partial charge >= 0.3 is 0 Å². The van der Waals surface area contributed by atoms with Crippen LogP contribution in [0, 0.1) is 11.8 Å². The summed E-state index contributed by atoms with van der Waals surface area (Å²) in [6.45, 7) is 9.24. The van der Waals surface area contributed by atoms with E-state index in [-0.39, 0.29) is 19.0 Å². The fourth-order valence-corrected chi connectivity index (χ4v) is 3.81. The topological polar surface area (TPSA) is 75.4 Å². The van der Waals surface area contributed by atoms with Gasteiger partial charge in [0.1, 0.15) is 0 Å². The molecule has 1 fully saturated rings. The maximum Gasteiger partial charge on any atom is 0.279 e. The molecule has 110 valence electrons. The lowest BCUT2D eigenvalue weighted by atomic mass is 9.94. The largest absolute Gasteiger partial charge is 0.324 e. The van der Waals surface area contributed by atoms with Crippen molar-refractivity contribution < 1.29 is 8.42 Å². The molecule has 2 atom stereocenters. The lowest BCUT2D eigenvalue weighted by Gasteiger charge is -2.34. The third kappa shape index (κ3) is 5.84. The van der Waals surface area contributed by atoms with Gasteiger partial charge in [-0.05, 0) is 32.1 Å². The lowest BCUT2D eigenvalue weighted by molar-refractivity contribution is 0.220. The SMILES string of the molecule is CC1CC(C)CN(S(=O)(=O)NCC(C)(C)N)C1.Cl. The Hall–Kier alpha value is 0.120. The Morgan fingerprint density at radius 2 is 1.72 bits per heavy atom. The second kappa shape index (κ2) is 6.52. The average Bonchev–Trinajstić information content (AvgIpc) is 2.12. The van der Waals surface area contributed by atoms with Gasteiger partial charge in [-0.15, -0.1) is 12.4 Å². The van der Waals surface area contributed by atoms with Crippen molar-refractivity contribution in [3.8, 4) is 0 Å². The van der Waals surface area contributed by atoms with Gasteiger partial charge in [0.15, 0.2) is 0 Å². The monoisotopic (exact) mass is 299 g/mol. The van der Waals surface area contributed by atoms with Crippen LogP contribution >= 0.6 is 12.4 Å². The van der Waals surface area contributed by atoms with Crippen LogP contribution in [-0.2, 0) is 10.2 Å². The van der Waals surface area contributed by atoms with Crippen molar-refractivity contribution in [1.29, 1.82) is 0 Å². The zero-order chi connectivity index (χ0) is 13.3. The van der Waals surface area contributed by atoms with E-state index in [0.717, 1.165) is 6.42 Å². The van der Waals surface area contributed by atoms with Crippen LogP contribution in [0.4, 0.5) is 0 Å². The van der Waals surface area contributed by atoms with Crippen LogP contribution in [-0.4, -0.2) is 37.9 Å². The number of nitrogens with two attached hydrogens (primary N) is 1. The Morgan fingerprint density at radius 3 is 2.11 bits per heavy atom. The number of rotatable bonds is 4. The van der Waals surface area contributed by atoms with Crippen LogP contribution < -0.4 is 10.5 Å². The maximum absolute atomic E-state index is 12.1. The van der Waals surface area contributed by atoms with Crippen LogP contribution in [0.1, 0.15) is 34.1 Å². The van der Waals surface area contributed by atoms with Crippen molar-refractivity contribution in [1.82, 2.24) is 9.03 Å². The van der Waals surface area contributed by atoms with Gasteiger partial charge in [0.2, 0.25) is 0 Å². The zero-order valence-electron chi connectivity index (χ0n) is 11.6. The first kappa shape index (κ1) is 18.1. The minimum Gasteiger partial charge on any atom is -0.324 e. The molecule has 2 unspecified atom stereocenters. The summed E-state index contributed by atoms with van der Waals surface area (Å²) in [6, 6.07) is 0. The van der Waals surface area contributed by atoms with E-state index in [2.05, 4.69) is 18.6 Å². The summed E-state index contributed by atoms with van der Waals surface area (Å²) >= 11 is 0. The van der Waals surface area contributed by atoms with E-state index in [1.54, 1.807) is 13.8 Å². The third-order valence-corrected chi connectivity index (χ3v) is 4.37. The molecule has 0 spiro atoms. The highest BCUT2D eigenvalue weighted by Gasteiger charge is 2.30. The van der Waals surface area contributed by atoms with Crippen LogP contribution in [0.25, 0.3) is 0 Å². The molecule has 5 nitrogen and oxygen atoms in total. The first-order chi connectivity index (χ1) is 7.60. The van der Waals surface area contributed by atoms with E-state index in [0.29, 0.717) is 24.9 Å². The molecule has 0 radical (unpaired) electrons. The van der Waals surface area contributed by atoms with Crippen LogP contribution in [0.2, 0.25) is 0 Å². The van der Waals surface area contributed by atoms with Crippen molar-refractivity contribution in [2.24, 2.45) is 17.6 Å². The minimum atomic E-state index is -3.38. The van der Waals surface area contributed by atoms with Gasteiger partial charge in [-0.2, -0.15) is 12.7 Å². The molecule has 3 N–H and O–H groups in total. The van der Waals surface area contributed by atoms with Crippen molar-refractivity contribution in [2.45, 2.75) is 39.7 Å². The van der Waals surface area contributed by atoms with E-state index in [9.17, 15) is 8.42 Å². The average molecular weight is 300 g/mol. The van der Waals surface area contributed by atoms with Gasteiger partial charge < -0.3 is 5.73 Å². The highest BCUT2D eigenvalue weighted by Crippen LogP contribution is 2.22. The van der Waals surface area contributed by atoms with Crippen LogP contribution in [0.5, 0.6) is 0 Å². The molecule has 0 saturated carbocycles. The highest BCUT2D eigenvalue weighted by molar-refractivity contribution is 7.87. The van der Waals surface area contributed by atoms with Gasteiger partial charge in [-0.3, -0.25) is 0 Å². The van der Waals surface area contributed by atoms with Crippen molar-refractivity contribution in [3.63, 3.8) is 0 Å². The molecule has 1 saturated heterocycles. The summed E-state index contributed by atoms with van der Waals surface area (Å²) in [5.74, 6) is 0.836. The molecule has 7 heteroatoms. The van der Waals surface area contributed by atoms with Gasteiger partial charge in [0.25, 0.3) is 10.2 Å². The van der Waals surface area contributed by atoms with Crippen molar-refractivity contribution in [3.05, 3.63) is 0 Å². The summed E-state index contributed by atoms with van der Waals surface area (Å²) in [5, 5.41) is 0. The number of halogens is 1. The molecule has 0 bridgehead atoms. The number of nitrogens with one attached hydrogen (secondary N) is 1. The fourth-order valence-electron chi connectivity index (χ4n) is 2.17. The number of hydrogen-bond donors (Lipinski definition) is 2. The third-order valence-electron chi connectivity index (χ3n) is 2.89. The lowest BCUT2D eigenvalue weighted by Crippen LogP contribution is -2.52. The molecule has 1 rings (SSSR count). The van der Waals surface area contributed by atoms with Crippen molar-refractivity contribution in [2.75, 3.05) is 19.6 Å². The summed E-state index contributed by atoms with van der Waals surface area (Å²) in [4.78, 5) is 0. The molecule has 0 aromatic heterocycles. The van der Waals surface area contributed by atoms with E-state index >= 15 is 0 Å². The van der Waals surface area contributed by atoms with E-state index in [1.807, 2.05) is 0 Å². The normalized spacial score (nSPS) is 26.7. The summed E-state index contributed by atoms with van der Waals surface area (Å²) < 4.78 is 28.3. The molecule has 1 aliphatic rings. The van der Waals surface area contributed by atoms with E-state index < -0.39 is 15.7 Å². The fraction of sp³-hybridized carbons (Fsp3) is 1.00. The Kier molecular flexibility index (Phi) is 6.56. The summed E-state index contributed by atoms with van der Waals surface area (Å²) in [7, 11) is -3.38. The molecular formula is C11H26ClN3O2S. The second-order valence-corrected chi connectivity index (χ2v) is 7.83. The van der Waals surface area contributed by atoms with Crippen molar-refractivity contribution >= 4 is 22.6 Å². The molecule has 18 heavy (non-hydrogen) atoms. The second-order valence-electron chi connectivity index (χ2n) is 6.08. The smallest absolute Gasteiger partial charge is 0.279 e. The highest BCUT2D eigenvalue weighted by atomic mass is 35.5. The number of piperidine rings is 1. The molecule has 0 aromatic rings. The van der Waals surface area contributed by atoms with Crippen LogP contribution in [0.15, 0.2) is 0 Å². The summed E-state index contributed by atoms with van der Waals surface area (Å²) in [6.07, 6.45) is 1.09. The van der Waals surface area contributed by atoms with Gasteiger partial charge in [-0.1, -0.05) is 13.8 Å². The van der Waals surface area contributed by atoms with Gasteiger partial charge in [-0.25, -0.2) is 4.72 Å². The number of nitrogens with zero attached hydrogens (tertiary/aromatic N) is 1. The Bertz CT molecular complexity index is 344. The Balaban J connectivity index is 0.00000289. The van der Waals surface area contributed by atoms with E-state index in [1.165, 1.54) is 4.31 Å². The quantitative estimate of drug-likeness (QED) is 0.812. The molecule has 0 aromatic carbocycles. The Morgan fingerprint density at radius 1 is 1.28 bits per heavy atom. The predicted molar refractivity (Wildman–Crippen MR) is 77.0 cm³/mol. The molecule has 0 amide bonds. The number of hydrogen-bond acceptors (Lipinski definition) is 3. The van der Waals surface area contributed by atoms with Gasteiger partial charge in [0, 0.05) is 25.2 Å². The first-order valence-corrected chi connectivity index (χ1v) is 7.58. The maximum atomic E-state index is 12.1. The zero-order valence-corrected chi connectivity index (χ0v) is 13.3. The molecule has 1 heterocycles.